The molecule has 2 atom stereocenters. The van der Waals surface area contributed by atoms with E-state index in [0.29, 0.717) is 18.0 Å². The Hall–Kier alpha value is -1.00. The number of aliphatic hydroxyl groups excluding tert-OH is 1. The summed E-state index contributed by atoms with van der Waals surface area (Å²) in [4.78, 5) is 12.6. The van der Waals surface area contributed by atoms with Crippen LogP contribution in [-0.2, 0) is 0 Å². The maximum absolute atomic E-state index is 11.8. The molecule has 2 unspecified atom stereocenters. The fourth-order valence-electron chi connectivity index (χ4n) is 2.22. The fraction of sp³-hybridized carbons (Fsp3) is 0.462. The Morgan fingerprint density at radius 3 is 2.94 bits per heavy atom. The number of hydrogen-bond donors (Lipinski definition) is 3. The molecule has 0 heterocycles. The van der Waals surface area contributed by atoms with Gasteiger partial charge in [-0.2, -0.15) is 0 Å². The zero-order valence-electron chi connectivity index (χ0n) is 9.60. The van der Waals surface area contributed by atoms with E-state index in [1.807, 2.05) is 12.1 Å². The van der Waals surface area contributed by atoms with Crippen molar-refractivity contribution in [3.8, 4) is 0 Å². The Bertz CT molecular complexity index is 408. The minimum absolute atomic E-state index is 0.0673. The second-order valence-corrected chi connectivity index (χ2v) is 5.11. The molecule has 0 bridgehead atoms. The molecular formula is C13H17NO2S. The lowest BCUT2D eigenvalue weighted by molar-refractivity contribution is 0.0945. The molecule has 1 aliphatic rings. The number of amides is 1. The Kier molecular flexibility index (Phi) is 4.07. The van der Waals surface area contributed by atoms with E-state index < -0.39 is 0 Å². The molecular weight excluding hydrogens is 234 g/mol. The summed E-state index contributed by atoms with van der Waals surface area (Å²) >= 11 is 4.20. The molecule has 0 aliphatic heterocycles. The van der Waals surface area contributed by atoms with E-state index in [1.54, 1.807) is 12.1 Å². The minimum Gasteiger partial charge on any atom is -0.393 e. The first-order chi connectivity index (χ1) is 8.15. The number of hydrogen-bond acceptors (Lipinski definition) is 3. The molecule has 92 valence electrons. The molecule has 0 aromatic heterocycles. The van der Waals surface area contributed by atoms with Crippen molar-refractivity contribution >= 4 is 18.5 Å². The molecule has 1 fully saturated rings. The van der Waals surface area contributed by atoms with Gasteiger partial charge in [0.15, 0.2) is 0 Å². The topological polar surface area (TPSA) is 49.3 Å². The zero-order valence-corrected chi connectivity index (χ0v) is 10.5. The van der Waals surface area contributed by atoms with Crippen LogP contribution in [-0.4, -0.2) is 23.7 Å². The molecule has 1 aliphatic carbocycles. The molecule has 2 rings (SSSR count). The van der Waals surface area contributed by atoms with Crippen molar-refractivity contribution < 1.29 is 9.90 Å². The third kappa shape index (κ3) is 3.48. The first-order valence-electron chi connectivity index (χ1n) is 5.90. The molecule has 2 N–H and O–H groups in total. The number of benzene rings is 1. The second kappa shape index (κ2) is 5.56. The summed E-state index contributed by atoms with van der Waals surface area (Å²) in [5, 5.41) is 12.3. The van der Waals surface area contributed by atoms with Crippen LogP contribution in [0, 0.1) is 5.92 Å². The Morgan fingerprint density at radius 1 is 1.47 bits per heavy atom. The van der Waals surface area contributed by atoms with Gasteiger partial charge in [0.05, 0.1) is 6.10 Å². The molecule has 0 radical (unpaired) electrons. The van der Waals surface area contributed by atoms with Crippen LogP contribution in [0.25, 0.3) is 0 Å². The van der Waals surface area contributed by atoms with Gasteiger partial charge in [-0.15, -0.1) is 12.6 Å². The highest BCUT2D eigenvalue weighted by Crippen LogP contribution is 2.24. The van der Waals surface area contributed by atoms with Crippen molar-refractivity contribution in [1.82, 2.24) is 5.32 Å². The standard InChI is InChI=1S/C13H17NO2S/c15-11-5-4-9(6-11)8-14-13(16)10-2-1-3-12(17)7-10/h1-3,7,9,11,15,17H,4-6,8H2,(H,14,16). The zero-order chi connectivity index (χ0) is 12.3. The van der Waals surface area contributed by atoms with Gasteiger partial charge in [-0.1, -0.05) is 6.07 Å². The van der Waals surface area contributed by atoms with Gasteiger partial charge in [-0.05, 0) is 43.4 Å². The van der Waals surface area contributed by atoms with Crippen LogP contribution in [0.4, 0.5) is 0 Å². The number of rotatable bonds is 3. The van der Waals surface area contributed by atoms with E-state index in [-0.39, 0.29) is 12.0 Å². The van der Waals surface area contributed by atoms with E-state index in [2.05, 4.69) is 17.9 Å². The summed E-state index contributed by atoms with van der Waals surface area (Å²) in [6.45, 7) is 0.646. The monoisotopic (exact) mass is 251 g/mol. The van der Waals surface area contributed by atoms with E-state index in [1.165, 1.54) is 0 Å². The molecule has 1 saturated carbocycles. The average molecular weight is 251 g/mol. The largest absolute Gasteiger partial charge is 0.393 e. The van der Waals surface area contributed by atoms with Crippen molar-refractivity contribution in [1.29, 1.82) is 0 Å². The van der Waals surface area contributed by atoms with Gasteiger partial charge in [0.25, 0.3) is 5.91 Å². The number of aliphatic hydroxyl groups is 1. The summed E-state index contributed by atoms with van der Waals surface area (Å²) in [5.74, 6) is 0.343. The van der Waals surface area contributed by atoms with Gasteiger partial charge >= 0.3 is 0 Å². The third-order valence-electron chi connectivity index (χ3n) is 3.17. The summed E-state index contributed by atoms with van der Waals surface area (Å²) in [6, 6.07) is 7.18. The summed E-state index contributed by atoms with van der Waals surface area (Å²) in [5.41, 5.74) is 0.635. The predicted octanol–water partition coefficient (Wildman–Crippen LogP) is 1.87. The van der Waals surface area contributed by atoms with Crippen LogP contribution in [0.1, 0.15) is 29.6 Å². The molecule has 4 heteroatoms. The van der Waals surface area contributed by atoms with Gasteiger partial charge in [-0.25, -0.2) is 0 Å². The number of thiol groups is 1. The van der Waals surface area contributed by atoms with E-state index in [0.717, 1.165) is 24.2 Å². The van der Waals surface area contributed by atoms with Crippen LogP contribution < -0.4 is 5.32 Å². The molecule has 3 nitrogen and oxygen atoms in total. The maximum Gasteiger partial charge on any atom is 0.251 e. The van der Waals surface area contributed by atoms with Crippen molar-refractivity contribution in [3.05, 3.63) is 29.8 Å². The van der Waals surface area contributed by atoms with E-state index >= 15 is 0 Å². The van der Waals surface area contributed by atoms with Crippen LogP contribution >= 0.6 is 12.6 Å². The number of carbonyl (C=O) groups is 1. The smallest absolute Gasteiger partial charge is 0.251 e. The van der Waals surface area contributed by atoms with Crippen molar-refractivity contribution in [2.45, 2.75) is 30.3 Å². The van der Waals surface area contributed by atoms with E-state index in [4.69, 9.17) is 0 Å². The SMILES string of the molecule is O=C(NCC1CCC(O)C1)c1cccc(S)c1. The lowest BCUT2D eigenvalue weighted by Crippen LogP contribution is -2.28. The Labute approximate surface area is 107 Å². The molecule has 1 aromatic carbocycles. The number of nitrogens with one attached hydrogen (secondary N) is 1. The average Bonchev–Trinajstić information content (AvgIpc) is 2.72. The quantitative estimate of drug-likeness (QED) is 0.718. The van der Waals surface area contributed by atoms with E-state index in [9.17, 15) is 9.90 Å². The van der Waals surface area contributed by atoms with Crippen molar-refractivity contribution in [2.24, 2.45) is 5.92 Å². The highest BCUT2D eigenvalue weighted by molar-refractivity contribution is 7.80. The molecule has 1 aromatic rings. The molecule has 0 saturated heterocycles. The predicted molar refractivity (Wildman–Crippen MR) is 69.4 cm³/mol. The maximum atomic E-state index is 11.8. The molecule has 1 amide bonds. The van der Waals surface area contributed by atoms with Gasteiger partial charge in [-0.3, -0.25) is 4.79 Å². The summed E-state index contributed by atoms with van der Waals surface area (Å²) < 4.78 is 0. The fourth-order valence-corrected chi connectivity index (χ4v) is 2.45. The van der Waals surface area contributed by atoms with Gasteiger partial charge in [0, 0.05) is 17.0 Å². The molecule has 0 spiro atoms. The normalized spacial score (nSPS) is 23.6. The summed E-state index contributed by atoms with van der Waals surface area (Å²) in [6.07, 6.45) is 2.46. The minimum atomic E-state index is -0.183. The van der Waals surface area contributed by atoms with Crippen LogP contribution in [0.5, 0.6) is 0 Å². The van der Waals surface area contributed by atoms with Gasteiger partial charge in [0.2, 0.25) is 0 Å². The van der Waals surface area contributed by atoms with Crippen molar-refractivity contribution in [2.75, 3.05) is 6.54 Å². The van der Waals surface area contributed by atoms with Crippen LogP contribution in [0.2, 0.25) is 0 Å². The highest BCUT2D eigenvalue weighted by Gasteiger charge is 2.23. The molecule has 17 heavy (non-hydrogen) atoms. The first kappa shape index (κ1) is 12.5. The second-order valence-electron chi connectivity index (χ2n) is 4.59. The first-order valence-corrected chi connectivity index (χ1v) is 6.35. The highest BCUT2D eigenvalue weighted by atomic mass is 32.1. The number of carbonyl (C=O) groups excluding carboxylic acids is 1. The van der Waals surface area contributed by atoms with Crippen molar-refractivity contribution in [3.63, 3.8) is 0 Å². The van der Waals surface area contributed by atoms with Gasteiger partial charge < -0.3 is 10.4 Å². The Morgan fingerprint density at radius 2 is 2.29 bits per heavy atom. The Balaban J connectivity index is 1.85. The third-order valence-corrected chi connectivity index (χ3v) is 3.45. The summed E-state index contributed by atoms with van der Waals surface area (Å²) in [7, 11) is 0. The lowest BCUT2D eigenvalue weighted by atomic mass is 10.1. The van der Waals surface area contributed by atoms with Crippen LogP contribution in [0.3, 0.4) is 0 Å². The van der Waals surface area contributed by atoms with Gasteiger partial charge in [0.1, 0.15) is 0 Å². The lowest BCUT2D eigenvalue weighted by Gasteiger charge is -2.11. The van der Waals surface area contributed by atoms with Crippen LogP contribution in [0.15, 0.2) is 29.2 Å².